The average molecular weight is 214 g/mol. The number of hydrogen-bond acceptors (Lipinski definition) is 2. The monoisotopic (exact) mass is 214 g/mol. The first-order valence-corrected chi connectivity index (χ1v) is 4.56. The summed E-state index contributed by atoms with van der Waals surface area (Å²) < 4.78 is 25.7. The van der Waals surface area contributed by atoms with E-state index in [1.54, 1.807) is 6.92 Å². The van der Waals surface area contributed by atoms with Gasteiger partial charge < -0.3 is 11.1 Å². The van der Waals surface area contributed by atoms with Crippen LogP contribution in [0.5, 0.6) is 0 Å². The highest BCUT2D eigenvalue weighted by Crippen LogP contribution is 2.19. The van der Waals surface area contributed by atoms with Crippen molar-refractivity contribution < 1.29 is 13.6 Å². The number of carbonyl (C=O) groups excluding carboxylic acids is 1. The molecule has 0 aromatic heterocycles. The second-order valence-electron chi connectivity index (χ2n) is 3.03. The molecule has 0 aliphatic carbocycles. The molecular formula is C10H12F2N2O. The first-order chi connectivity index (χ1) is 7.08. The third-order valence-corrected chi connectivity index (χ3v) is 1.96. The van der Waals surface area contributed by atoms with Gasteiger partial charge in [0.2, 0.25) is 5.91 Å². The van der Waals surface area contributed by atoms with Gasteiger partial charge in [-0.3, -0.25) is 4.79 Å². The second-order valence-corrected chi connectivity index (χ2v) is 3.03. The maximum absolute atomic E-state index is 12.9. The Bertz CT molecular complexity index is 380. The van der Waals surface area contributed by atoms with E-state index in [0.717, 1.165) is 12.1 Å². The molecule has 0 fully saturated rings. The normalized spacial score (nSPS) is 10.1. The summed E-state index contributed by atoms with van der Waals surface area (Å²) >= 11 is 0. The lowest BCUT2D eigenvalue weighted by atomic mass is 10.1. The minimum Gasteiger partial charge on any atom is -0.326 e. The molecule has 1 aromatic carbocycles. The van der Waals surface area contributed by atoms with Crippen molar-refractivity contribution in [3.05, 3.63) is 29.3 Å². The Labute approximate surface area is 86.3 Å². The molecule has 3 nitrogen and oxygen atoms in total. The lowest BCUT2D eigenvalue weighted by molar-refractivity contribution is -0.115. The molecule has 0 saturated heterocycles. The highest BCUT2D eigenvalue weighted by atomic mass is 19.2. The maximum atomic E-state index is 12.9. The Morgan fingerprint density at radius 1 is 1.40 bits per heavy atom. The fraction of sp³-hybridized carbons (Fsp3) is 0.300. The van der Waals surface area contributed by atoms with Crippen LogP contribution >= 0.6 is 0 Å². The van der Waals surface area contributed by atoms with E-state index >= 15 is 0 Å². The van der Waals surface area contributed by atoms with Gasteiger partial charge in [0.15, 0.2) is 11.6 Å². The molecule has 82 valence electrons. The fourth-order valence-corrected chi connectivity index (χ4v) is 1.11. The van der Waals surface area contributed by atoms with Crippen LogP contribution in [0.3, 0.4) is 0 Å². The predicted octanol–water partition coefficient (Wildman–Crippen LogP) is 1.77. The fourth-order valence-electron chi connectivity index (χ4n) is 1.11. The van der Waals surface area contributed by atoms with Gasteiger partial charge >= 0.3 is 0 Å². The molecule has 1 rings (SSSR count). The van der Waals surface area contributed by atoms with Gasteiger partial charge in [-0.25, -0.2) is 8.78 Å². The van der Waals surface area contributed by atoms with Crippen LogP contribution in [-0.4, -0.2) is 5.91 Å². The van der Waals surface area contributed by atoms with Crippen molar-refractivity contribution in [2.75, 3.05) is 5.32 Å². The highest BCUT2D eigenvalue weighted by molar-refractivity contribution is 5.91. The first kappa shape index (κ1) is 11.6. The predicted molar refractivity (Wildman–Crippen MR) is 53.2 cm³/mol. The van der Waals surface area contributed by atoms with Crippen LogP contribution in [0.25, 0.3) is 0 Å². The van der Waals surface area contributed by atoms with Crippen molar-refractivity contribution in [3.8, 4) is 0 Å². The minimum absolute atomic E-state index is 0.0382. The van der Waals surface area contributed by atoms with E-state index in [1.165, 1.54) is 0 Å². The molecule has 1 aromatic rings. The van der Waals surface area contributed by atoms with E-state index in [2.05, 4.69) is 5.32 Å². The molecule has 0 radical (unpaired) electrons. The van der Waals surface area contributed by atoms with Gasteiger partial charge in [0, 0.05) is 24.7 Å². The van der Waals surface area contributed by atoms with Gasteiger partial charge in [-0.1, -0.05) is 6.92 Å². The van der Waals surface area contributed by atoms with Gasteiger partial charge in [-0.05, 0) is 11.6 Å². The summed E-state index contributed by atoms with van der Waals surface area (Å²) in [6, 6.07) is 1.92. The van der Waals surface area contributed by atoms with Crippen LogP contribution < -0.4 is 11.1 Å². The Morgan fingerprint density at radius 2 is 2.00 bits per heavy atom. The van der Waals surface area contributed by atoms with Gasteiger partial charge in [-0.2, -0.15) is 0 Å². The molecule has 0 spiro atoms. The molecule has 3 N–H and O–H groups in total. The van der Waals surface area contributed by atoms with Crippen molar-refractivity contribution in [2.24, 2.45) is 5.73 Å². The molecule has 0 bridgehead atoms. The van der Waals surface area contributed by atoms with E-state index in [0.29, 0.717) is 5.56 Å². The van der Waals surface area contributed by atoms with Crippen LogP contribution in [-0.2, 0) is 11.3 Å². The van der Waals surface area contributed by atoms with Crippen molar-refractivity contribution >= 4 is 11.6 Å². The summed E-state index contributed by atoms with van der Waals surface area (Å²) in [4.78, 5) is 11.1. The SMILES string of the molecule is CCC(=O)Nc1cc(F)c(F)cc1CN. The summed E-state index contributed by atoms with van der Waals surface area (Å²) in [5.74, 6) is -2.24. The third kappa shape index (κ3) is 2.73. The number of rotatable bonds is 3. The van der Waals surface area contributed by atoms with Crippen LogP contribution in [0.4, 0.5) is 14.5 Å². The van der Waals surface area contributed by atoms with Crippen LogP contribution in [0, 0.1) is 11.6 Å². The van der Waals surface area contributed by atoms with E-state index in [1.807, 2.05) is 0 Å². The molecule has 0 aliphatic heterocycles. The quantitative estimate of drug-likeness (QED) is 0.805. The summed E-state index contributed by atoms with van der Waals surface area (Å²) in [5.41, 5.74) is 5.94. The van der Waals surface area contributed by atoms with E-state index in [4.69, 9.17) is 5.73 Å². The summed E-state index contributed by atoms with van der Waals surface area (Å²) in [6.07, 6.45) is 0.267. The number of halogens is 2. The Hall–Kier alpha value is -1.49. The zero-order chi connectivity index (χ0) is 11.4. The first-order valence-electron chi connectivity index (χ1n) is 4.56. The lowest BCUT2D eigenvalue weighted by Gasteiger charge is -2.09. The molecule has 0 saturated carbocycles. The molecule has 0 aliphatic rings. The lowest BCUT2D eigenvalue weighted by Crippen LogP contribution is -2.13. The molecule has 0 unspecified atom stereocenters. The highest BCUT2D eigenvalue weighted by Gasteiger charge is 2.10. The Morgan fingerprint density at radius 3 is 2.53 bits per heavy atom. The molecule has 5 heteroatoms. The summed E-state index contributed by atoms with van der Waals surface area (Å²) in [5, 5.41) is 2.45. The van der Waals surface area contributed by atoms with E-state index < -0.39 is 11.6 Å². The van der Waals surface area contributed by atoms with Gasteiger partial charge in [0.25, 0.3) is 0 Å². The minimum atomic E-state index is -1.00. The topological polar surface area (TPSA) is 55.1 Å². The maximum Gasteiger partial charge on any atom is 0.224 e. The van der Waals surface area contributed by atoms with Crippen molar-refractivity contribution in [2.45, 2.75) is 19.9 Å². The second kappa shape index (κ2) is 4.84. The van der Waals surface area contributed by atoms with Crippen molar-refractivity contribution in [3.63, 3.8) is 0 Å². The summed E-state index contributed by atoms with van der Waals surface area (Å²) in [7, 11) is 0. The number of hydrogen-bond donors (Lipinski definition) is 2. The number of nitrogens with one attached hydrogen (secondary N) is 1. The molecule has 1 amide bonds. The van der Waals surface area contributed by atoms with E-state index in [-0.39, 0.29) is 24.6 Å². The number of nitrogens with two attached hydrogens (primary N) is 1. The smallest absolute Gasteiger partial charge is 0.224 e. The van der Waals surface area contributed by atoms with E-state index in [9.17, 15) is 13.6 Å². The van der Waals surface area contributed by atoms with Crippen molar-refractivity contribution in [1.82, 2.24) is 0 Å². The summed E-state index contributed by atoms with van der Waals surface area (Å²) in [6.45, 7) is 1.70. The van der Waals surface area contributed by atoms with Crippen molar-refractivity contribution in [1.29, 1.82) is 0 Å². The van der Waals surface area contributed by atoms with Gasteiger partial charge in [-0.15, -0.1) is 0 Å². The van der Waals surface area contributed by atoms with Gasteiger partial charge in [0.1, 0.15) is 0 Å². The standard InChI is InChI=1S/C10H12F2N2O/c1-2-10(15)14-9-4-8(12)7(11)3-6(9)5-13/h3-4H,2,5,13H2,1H3,(H,14,15). The number of anilines is 1. The van der Waals surface area contributed by atoms with Crippen LogP contribution in [0.2, 0.25) is 0 Å². The number of carbonyl (C=O) groups is 1. The van der Waals surface area contributed by atoms with Crippen LogP contribution in [0.15, 0.2) is 12.1 Å². The molecular weight excluding hydrogens is 202 g/mol. The zero-order valence-corrected chi connectivity index (χ0v) is 8.31. The van der Waals surface area contributed by atoms with Gasteiger partial charge in [0.05, 0.1) is 0 Å². The zero-order valence-electron chi connectivity index (χ0n) is 8.31. The Balaban J connectivity index is 3.05. The number of benzene rings is 1. The molecule has 0 atom stereocenters. The Kier molecular flexibility index (Phi) is 3.74. The average Bonchev–Trinajstić information content (AvgIpc) is 2.22. The molecule has 0 heterocycles. The number of amides is 1. The largest absolute Gasteiger partial charge is 0.326 e. The van der Waals surface area contributed by atoms with Crippen LogP contribution in [0.1, 0.15) is 18.9 Å². The molecule has 15 heavy (non-hydrogen) atoms. The third-order valence-electron chi connectivity index (χ3n) is 1.96.